The predicted molar refractivity (Wildman–Crippen MR) is 84.5 cm³/mol. The van der Waals surface area contributed by atoms with E-state index in [2.05, 4.69) is 10.6 Å². The largest absolute Gasteiger partial charge is 0.507 e. The number of benzene rings is 2. The zero-order valence-electron chi connectivity index (χ0n) is 11.9. The topological polar surface area (TPSA) is 61.4 Å². The smallest absolute Gasteiger partial charge is 0.224 e. The summed E-state index contributed by atoms with van der Waals surface area (Å²) in [5.41, 5.74) is 0.766. The van der Waals surface area contributed by atoms with Crippen LogP contribution in [0.15, 0.2) is 36.4 Å². The van der Waals surface area contributed by atoms with Gasteiger partial charge in [0.25, 0.3) is 0 Å². The van der Waals surface area contributed by atoms with E-state index in [0.29, 0.717) is 12.3 Å². The summed E-state index contributed by atoms with van der Waals surface area (Å²) in [6.45, 7) is 2.00. The summed E-state index contributed by atoms with van der Waals surface area (Å²) in [6, 6.07) is 10.9. The summed E-state index contributed by atoms with van der Waals surface area (Å²) in [5.74, 6) is 0.759. The molecule has 0 radical (unpaired) electrons. The van der Waals surface area contributed by atoms with Crippen molar-refractivity contribution in [3.8, 4) is 5.75 Å². The Balaban J connectivity index is 1.75. The van der Waals surface area contributed by atoms with Gasteiger partial charge >= 0.3 is 0 Å². The first-order valence-electron chi connectivity index (χ1n) is 7.45. The minimum absolute atomic E-state index is 0.0535. The number of hydrogen-bond donors (Lipinski definition) is 3. The van der Waals surface area contributed by atoms with Gasteiger partial charge in [-0.25, -0.2) is 0 Å². The molecule has 2 aromatic rings. The van der Waals surface area contributed by atoms with Crippen LogP contribution in [0.4, 0.5) is 5.69 Å². The number of nitrogens with one attached hydrogen (secondary N) is 2. The number of aromatic hydroxyl groups is 1. The highest BCUT2D eigenvalue weighted by Crippen LogP contribution is 2.30. The number of hydrogen-bond acceptors (Lipinski definition) is 3. The lowest BCUT2D eigenvalue weighted by Crippen LogP contribution is -2.30. The number of carbonyl (C=O) groups is 1. The van der Waals surface area contributed by atoms with Crippen molar-refractivity contribution in [3.05, 3.63) is 36.4 Å². The number of anilines is 1. The number of rotatable bonds is 3. The van der Waals surface area contributed by atoms with E-state index in [-0.39, 0.29) is 11.7 Å². The molecule has 0 aliphatic carbocycles. The third kappa shape index (κ3) is 3.16. The molecular formula is C17H20N2O2. The summed E-state index contributed by atoms with van der Waals surface area (Å²) in [6.07, 6.45) is 2.68. The van der Waals surface area contributed by atoms with Crippen molar-refractivity contribution in [1.82, 2.24) is 5.32 Å². The standard InChI is InChI=1S/C17H20N2O2/c20-16-6-2-3-13-14(16)4-1-5-15(13)19-17(21)11-12-7-9-18-10-8-12/h1-6,12,18,20H,7-11H2,(H,19,21). The molecule has 4 nitrogen and oxygen atoms in total. The van der Waals surface area contributed by atoms with Crippen LogP contribution in [-0.2, 0) is 4.79 Å². The molecule has 3 N–H and O–H groups in total. The van der Waals surface area contributed by atoms with Gasteiger partial charge in [-0.15, -0.1) is 0 Å². The average molecular weight is 284 g/mol. The third-order valence-electron chi connectivity index (χ3n) is 4.11. The second kappa shape index (κ2) is 6.14. The second-order valence-electron chi connectivity index (χ2n) is 5.62. The fourth-order valence-corrected chi connectivity index (χ4v) is 2.95. The van der Waals surface area contributed by atoms with Crippen LogP contribution in [0, 0.1) is 5.92 Å². The van der Waals surface area contributed by atoms with E-state index in [1.54, 1.807) is 12.1 Å². The maximum Gasteiger partial charge on any atom is 0.224 e. The molecular weight excluding hydrogens is 264 g/mol. The van der Waals surface area contributed by atoms with Gasteiger partial charge in [-0.3, -0.25) is 4.79 Å². The second-order valence-corrected chi connectivity index (χ2v) is 5.62. The summed E-state index contributed by atoms with van der Waals surface area (Å²) in [5, 5.41) is 17.8. The molecule has 1 heterocycles. The first-order chi connectivity index (χ1) is 10.2. The SMILES string of the molecule is O=C(CC1CCNCC1)Nc1cccc2c(O)cccc12. The van der Waals surface area contributed by atoms with Crippen molar-refractivity contribution in [3.63, 3.8) is 0 Å². The Bertz CT molecular complexity index is 648. The van der Waals surface area contributed by atoms with E-state index in [9.17, 15) is 9.90 Å². The van der Waals surface area contributed by atoms with E-state index in [1.165, 1.54) is 0 Å². The highest BCUT2D eigenvalue weighted by atomic mass is 16.3. The van der Waals surface area contributed by atoms with Gasteiger partial charge in [-0.2, -0.15) is 0 Å². The van der Waals surface area contributed by atoms with Gasteiger partial charge in [0.2, 0.25) is 5.91 Å². The number of amides is 1. The Kier molecular flexibility index (Phi) is 4.06. The van der Waals surface area contributed by atoms with Crippen LogP contribution in [0.3, 0.4) is 0 Å². The van der Waals surface area contributed by atoms with Crippen LogP contribution in [-0.4, -0.2) is 24.1 Å². The molecule has 0 saturated carbocycles. The molecule has 1 saturated heterocycles. The van der Waals surface area contributed by atoms with Gasteiger partial charge < -0.3 is 15.7 Å². The Morgan fingerprint density at radius 1 is 1.14 bits per heavy atom. The van der Waals surface area contributed by atoms with Crippen LogP contribution >= 0.6 is 0 Å². The molecule has 3 rings (SSSR count). The normalized spacial score (nSPS) is 16.0. The number of phenolic OH excluding ortho intramolecular Hbond substituents is 1. The molecule has 0 aromatic heterocycles. The van der Waals surface area contributed by atoms with Crippen molar-refractivity contribution >= 4 is 22.4 Å². The lowest BCUT2D eigenvalue weighted by molar-refractivity contribution is -0.117. The minimum atomic E-state index is 0.0535. The Hall–Kier alpha value is -2.07. The van der Waals surface area contributed by atoms with Crippen LogP contribution < -0.4 is 10.6 Å². The highest BCUT2D eigenvalue weighted by Gasteiger charge is 2.17. The molecule has 1 amide bonds. The van der Waals surface area contributed by atoms with Crippen LogP contribution in [0.25, 0.3) is 10.8 Å². The molecule has 0 bridgehead atoms. The minimum Gasteiger partial charge on any atom is -0.507 e. The number of fused-ring (bicyclic) bond motifs is 1. The molecule has 0 spiro atoms. The van der Waals surface area contributed by atoms with Crippen molar-refractivity contribution in [2.45, 2.75) is 19.3 Å². The van der Waals surface area contributed by atoms with Crippen LogP contribution in [0.2, 0.25) is 0 Å². The number of piperidine rings is 1. The number of carbonyl (C=O) groups excluding carboxylic acids is 1. The molecule has 1 aliphatic heterocycles. The van der Waals surface area contributed by atoms with Gasteiger partial charge in [0.15, 0.2) is 0 Å². The molecule has 110 valence electrons. The highest BCUT2D eigenvalue weighted by molar-refractivity contribution is 6.03. The van der Waals surface area contributed by atoms with Crippen molar-refractivity contribution in [1.29, 1.82) is 0 Å². The maximum absolute atomic E-state index is 12.2. The molecule has 0 atom stereocenters. The van der Waals surface area contributed by atoms with Crippen molar-refractivity contribution < 1.29 is 9.90 Å². The molecule has 1 fully saturated rings. The zero-order chi connectivity index (χ0) is 14.7. The Labute approximate surface area is 124 Å². The lowest BCUT2D eigenvalue weighted by atomic mass is 9.94. The average Bonchev–Trinajstić information content (AvgIpc) is 2.49. The Morgan fingerprint density at radius 3 is 2.67 bits per heavy atom. The van der Waals surface area contributed by atoms with E-state index in [4.69, 9.17) is 0 Å². The van der Waals surface area contributed by atoms with Crippen LogP contribution in [0.5, 0.6) is 5.75 Å². The van der Waals surface area contributed by atoms with Crippen molar-refractivity contribution in [2.75, 3.05) is 18.4 Å². The van der Waals surface area contributed by atoms with E-state index >= 15 is 0 Å². The van der Waals surface area contributed by atoms with E-state index < -0.39 is 0 Å². The van der Waals surface area contributed by atoms with Gasteiger partial charge in [0.1, 0.15) is 5.75 Å². The van der Waals surface area contributed by atoms with E-state index in [0.717, 1.165) is 42.4 Å². The van der Waals surface area contributed by atoms with Crippen LogP contribution in [0.1, 0.15) is 19.3 Å². The van der Waals surface area contributed by atoms with Gasteiger partial charge in [0.05, 0.1) is 0 Å². The van der Waals surface area contributed by atoms with Gasteiger partial charge in [0, 0.05) is 22.9 Å². The predicted octanol–water partition coefficient (Wildman–Crippen LogP) is 2.87. The zero-order valence-corrected chi connectivity index (χ0v) is 11.9. The first-order valence-corrected chi connectivity index (χ1v) is 7.45. The quantitative estimate of drug-likeness (QED) is 0.812. The fourth-order valence-electron chi connectivity index (χ4n) is 2.95. The molecule has 2 aromatic carbocycles. The van der Waals surface area contributed by atoms with Crippen molar-refractivity contribution in [2.24, 2.45) is 5.92 Å². The number of phenols is 1. The maximum atomic E-state index is 12.2. The van der Waals surface area contributed by atoms with Gasteiger partial charge in [-0.05, 0) is 44.0 Å². The van der Waals surface area contributed by atoms with E-state index in [1.807, 2.05) is 24.3 Å². The third-order valence-corrected chi connectivity index (χ3v) is 4.11. The first kappa shape index (κ1) is 13.9. The molecule has 21 heavy (non-hydrogen) atoms. The monoisotopic (exact) mass is 284 g/mol. The molecule has 4 heteroatoms. The summed E-state index contributed by atoms with van der Waals surface area (Å²) in [7, 11) is 0. The summed E-state index contributed by atoms with van der Waals surface area (Å²) in [4.78, 5) is 12.2. The lowest BCUT2D eigenvalue weighted by Gasteiger charge is -2.22. The summed E-state index contributed by atoms with van der Waals surface area (Å²) < 4.78 is 0. The molecule has 1 aliphatic rings. The van der Waals surface area contributed by atoms with Gasteiger partial charge in [-0.1, -0.05) is 24.3 Å². The summed E-state index contributed by atoms with van der Waals surface area (Å²) >= 11 is 0. The fraction of sp³-hybridized carbons (Fsp3) is 0.353. The molecule has 0 unspecified atom stereocenters. The Morgan fingerprint density at radius 2 is 1.86 bits per heavy atom.